The molecule has 1 amide bonds. The third-order valence-corrected chi connectivity index (χ3v) is 5.31. The molecular weight excluding hydrogens is 278 g/mol. The number of benzene rings is 1. The molecule has 1 aliphatic rings. The maximum Gasteiger partial charge on any atom is 0.256 e. The number of hydrogen-bond donors (Lipinski definition) is 1. The van der Waals surface area contributed by atoms with Gasteiger partial charge >= 0.3 is 0 Å². The van der Waals surface area contributed by atoms with Gasteiger partial charge in [-0.15, -0.1) is 11.3 Å². The number of thiophene rings is 1. The molecule has 0 spiro atoms. The Labute approximate surface area is 130 Å². The first-order valence-corrected chi connectivity index (χ1v) is 8.42. The second kappa shape index (κ2) is 5.64. The Morgan fingerprint density at radius 2 is 1.76 bits per heavy atom. The van der Waals surface area contributed by atoms with Gasteiger partial charge < -0.3 is 5.32 Å². The van der Waals surface area contributed by atoms with Gasteiger partial charge in [0.1, 0.15) is 0 Å². The first-order chi connectivity index (χ1) is 10.1. The van der Waals surface area contributed by atoms with Gasteiger partial charge in [0, 0.05) is 15.9 Å². The fourth-order valence-corrected chi connectivity index (χ4v) is 4.37. The van der Waals surface area contributed by atoms with Gasteiger partial charge in [-0.2, -0.15) is 0 Å². The summed E-state index contributed by atoms with van der Waals surface area (Å²) in [7, 11) is 0. The van der Waals surface area contributed by atoms with Crippen LogP contribution in [-0.4, -0.2) is 5.91 Å². The molecule has 21 heavy (non-hydrogen) atoms. The number of anilines is 1. The van der Waals surface area contributed by atoms with Crippen molar-refractivity contribution in [1.82, 2.24) is 0 Å². The quantitative estimate of drug-likeness (QED) is 0.847. The molecule has 1 aromatic heterocycles. The van der Waals surface area contributed by atoms with Crippen LogP contribution in [0.25, 0.3) is 0 Å². The van der Waals surface area contributed by atoms with Crippen molar-refractivity contribution >= 4 is 22.9 Å². The summed E-state index contributed by atoms with van der Waals surface area (Å²) in [6.07, 6.45) is 4.64. The maximum absolute atomic E-state index is 12.6. The van der Waals surface area contributed by atoms with Gasteiger partial charge in [0.25, 0.3) is 5.91 Å². The fourth-order valence-electron chi connectivity index (χ4n) is 3.24. The molecule has 0 saturated carbocycles. The summed E-state index contributed by atoms with van der Waals surface area (Å²) in [6, 6.07) is 4.23. The number of rotatable bonds is 2. The summed E-state index contributed by atoms with van der Waals surface area (Å²) >= 11 is 1.74. The standard InChI is InChI=1S/C18H21NOS/c1-11-8-12(2)17(13(3)9-11)19-18(20)15-10-21-16-7-5-4-6-14(15)16/h8-10H,4-7H2,1-3H3,(H,19,20). The van der Waals surface area contributed by atoms with Crippen LogP contribution in [0, 0.1) is 20.8 Å². The smallest absolute Gasteiger partial charge is 0.256 e. The zero-order valence-corrected chi connectivity index (χ0v) is 13.7. The molecular formula is C18H21NOS. The second-order valence-electron chi connectivity index (χ2n) is 5.99. The monoisotopic (exact) mass is 299 g/mol. The van der Waals surface area contributed by atoms with Crippen molar-refractivity contribution in [2.45, 2.75) is 46.5 Å². The van der Waals surface area contributed by atoms with Crippen molar-refractivity contribution < 1.29 is 4.79 Å². The maximum atomic E-state index is 12.6. The second-order valence-corrected chi connectivity index (χ2v) is 6.95. The molecule has 1 aliphatic carbocycles. The van der Waals surface area contributed by atoms with Crippen molar-refractivity contribution in [2.75, 3.05) is 5.32 Å². The molecule has 0 aliphatic heterocycles. The van der Waals surface area contributed by atoms with E-state index in [-0.39, 0.29) is 5.91 Å². The van der Waals surface area contributed by atoms with E-state index in [0.717, 1.165) is 35.2 Å². The van der Waals surface area contributed by atoms with Crippen LogP contribution in [0.15, 0.2) is 17.5 Å². The normalized spacial score (nSPS) is 13.9. The lowest BCUT2D eigenvalue weighted by molar-refractivity contribution is 0.102. The van der Waals surface area contributed by atoms with E-state index in [4.69, 9.17) is 0 Å². The Morgan fingerprint density at radius 1 is 1.10 bits per heavy atom. The largest absolute Gasteiger partial charge is 0.321 e. The minimum absolute atomic E-state index is 0.0458. The highest BCUT2D eigenvalue weighted by atomic mass is 32.1. The number of hydrogen-bond acceptors (Lipinski definition) is 2. The zero-order chi connectivity index (χ0) is 15.0. The molecule has 0 radical (unpaired) electrons. The SMILES string of the molecule is Cc1cc(C)c(NC(=O)c2csc3c2CCCC3)c(C)c1. The van der Waals surface area contributed by atoms with E-state index in [0.29, 0.717) is 0 Å². The summed E-state index contributed by atoms with van der Waals surface area (Å²) in [5.41, 5.74) is 6.62. The highest BCUT2D eigenvalue weighted by Crippen LogP contribution is 2.31. The molecule has 3 rings (SSSR count). The summed E-state index contributed by atoms with van der Waals surface area (Å²) < 4.78 is 0. The summed E-state index contributed by atoms with van der Waals surface area (Å²) in [5, 5.41) is 5.16. The Bertz CT molecular complexity index is 676. The predicted molar refractivity (Wildman–Crippen MR) is 89.6 cm³/mol. The number of aryl methyl sites for hydroxylation is 4. The summed E-state index contributed by atoms with van der Waals surface area (Å²) in [4.78, 5) is 14.0. The molecule has 0 saturated heterocycles. The summed E-state index contributed by atoms with van der Waals surface area (Å²) in [5.74, 6) is 0.0458. The van der Waals surface area contributed by atoms with Crippen LogP contribution in [-0.2, 0) is 12.8 Å². The molecule has 110 valence electrons. The van der Waals surface area contributed by atoms with E-state index in [9.17, 15) is 4.79 Å². The minimum atomic E-state index is 0.0458. The Hall–Kier alpha value is -1.61. The van der Waals surface area contributed by atoms with Crippen LogP contribution in [0.5, 0.6) is 0 Å². The predicted octanol–water partition coefficient (Wildman–Crippen LogP) is 4.80. The molecule has 2 nitrogen and oxygen atoms in total. The molecule has 1 aromatic carbocycles. The van der Waals surface area contributed by atoms with E-state index >= 15 is 0 Å². The van der Waals surface area contributed by atoms with Crippen LogP contribution in [0.3, 0.4) is 0 Å². The molecule has 1 heterocycles. The van der Waals surface area contributed by atoms with Gasteiger partial charge in [0.2, 0.25) is 0 Å². The molecule has 3 heteroatoms. The lowest BCUT2D eigenvalue weighted by Gasteiger charge is -2.15. The fraction of sp³-hybridized carbons (Fsp3) is 0.389. The van der Waals surface area contributed by atoms with Crippen molar-refractivity contribution in [2.24, 2.45) is 0 Å². The van der Waals surface area contributed by atoms with E-state index < -0.39 is 0 Å². The first kappa shape index (κ1) is 14.3. The van der Waals surface area contributed by atoms with Crippen LogP contribution < -0.4 is 5.32 Å². The van der Waals surface area contributed by atoms with Crippen molar-refractivity contribution in [1.29, 1.82) is 0 Å². The third-order valence-electron chi connectivity index (χ3n) is 4.22. The number of carbonyl (C=O) groups is 1. The number of nitrogens with one attached hydrogen (secondary N) is 1. The van der Waals surface area contributed by atoms with Crippen LogP contribution in [0.2, 0.25) is 0 Å². The topological polar surface area (TPSA) is 29.1 Å². The van der Waals surface area contributed by atoms with Gasteiger partial charge in [0.05, 0.1) is 5.56 Å². The van der Waals surface area contributed by atoms with Gasteiger partial charge in [-0.3, -0.25) is 4.79 Å². The third kappa shape index (κ3) is 2.75. The van der Waals surface area contributed by atoms with Crippen molar-refractivity contribution in [3.05, 3.63) is 50.2 Å². The van der Waals surface area contributed by atoms with Gasteiger partial charge in [-0.05, 0) is 63.1 Å². The van der Waals surface area contributed by atoms with Crippen LogP contribution in [0.1, 0.15) is 50.3 Å². The lowest BCUT2D eigenvalue weighted by atomic mass is 9.95. The number of amides is 1. The molecule has 2 aromatic rings. The van der Waals surface area contributed by atoms with E-state index in [1.807, 2.05) is 5.38 Å². The van der Waals surface area contributed by atoms with Crippen LogP contribution >= 0.6 is 11.3 Å². The minimum Gasteiger partial charge on any atom is -0.321 e. The Balaban J connectivity index is 1.89. The number of fused-ring (bicyclic) bond motifs is 1. The number of carbonyl (C=O) groups excluding carboxylic acids is 1. The van der Waals surface area contributed by atoms with Crippen molar-refractivity contribution in [3.8, 4) is 0 Å². The Kier molecular flexibility index (Phi) is 3.85. The average Bonchev–Trinajstić information content (AvgIpc) is 2.86. The zero-order valence-electron chi connectivity index (χ0n) is 12.9. The Morgan fingerprint density at radius 3 is 2.48 bits per heavy atom. The van der Waals surface area contributed by atoms with E-state index in [1.165, 1.54) is 28.8 Å². The molecule has 1 N–H and O–H groups in total. The van der Waals surface area contributed by atoms with Gasteiger partial charge in [-0.25, -0.2) is 0 Å². The first-order valence-electron chi connectivity index (χ1n) is 7.54. The van der Waals surface area contributed by atoms with Gasteiger partial charge in [0.15, 0.2) is 0 Å². The van der Waals surface area contributed by atoms with Gasteiger partial charge in [-0.1, -0.05) is 17.7 Å². The summed E-state index contributed by atoms with van der Waals surface area (Å²) in [6.45, 7) is 6.19. The van der Waals surface area contributed by atoms with Crippen LogP contribution in [0.4, 0.5) is 5.69 Å². The highest BCUT2D eigenvalue weighted by molar-refractivity contribution is 7.10. The highest BCUT2D eigenvalue weighted by Gasteiger charge is 2.20. The lowest BCUT2D eigenvalue weighted by Crippen LogP contribution is -2.16. The molecule has 0 bridgehead atoms. The average molecular weight is 299 g/mol. The molecule has 0 unspecified atom stereocenters. The van der Waals surface area contributed by atoms with E-state index in [2.05, 4.69) is 38.2 Å². The molecule has 0 fully saturated rings. The van der Waals surface area contributed by atoms with Crippen molar-refractivity contribution in [3.63, 3.8) is 0 Å². The van der Waals surface area contributed by atoms with E-state index in [1.54, 1.807) is 11.3 Å². The molecule has 0 atom stereocenters.